The van der Waals surface area contributed by atoms with Crippen LogP contribution >= 0.6 is 15.9 Å². The average Bonchev–Trinajstić information content (AvgIpc) is 3.09. The van der Waals surface area contributed by atoms with Crippen LogP contribution in [0.3, 0.4) is 0 Å². The van der Waals surface area contributed by atoms with Gasteiger partial charge in [0.1, 0.15) is 0 Å². The summed E-state index contributed by atoms with van der Waals surface area (Å²) < 4.78 is 53.0. The molecule has 1 N–H and O–H groups in total. The molecule has 0 saturated carbocycles. The Labute approximate surface area is 166 Å². The maximum atomic E-state index is 12.6. The van der Waals surface area contributed by atoms with Crippen molar-refractivity contribution in [1.29, 1.82) is 0 Å². The van der Waals surface area contributed by atoms with Crippen LogP contribution in [-0.2, 0) is 26.4 Å². The van der Waals surface area contributed by atoms with Gasteiger partial charge in [0.25, 0.3) is 0 Å². The van der Waals surface area contributed by atoms with Gasteiger partial charge in [0.2, 0.25) is 10.0 Å². The van der Waals surface area contributed by atoms with Gasteiger partial charge in [-0.05, 0) is 46.3 Å². The lowest BCUT2D eigenvalue weighted by Gasteiger charge is -2.09. The summed E-state index contributed by atoms with van der Waals surface area (Å²) in [4.78, 5) is -0.205. The maximum absolute atomic E-state index is 12.6. The van der Waals surface area contributed by atoms with E-state index in [1.807, 2.05) is 30.3 Å². The van der Waals surface area contributed by atoms with E-state index >= 15 is 0 Å². The van der Waals surface area contributed by atoms with Crippen molar-refractivity contribution in [2.45, 2.75) is 16.3 Å². The first-order chi connectivity index (χ1) is 12.7. The molecular formula is C17H16BrN3O4S2. The third kappa shape index (κ3) is 4.64. The third-order valence-corrected chi connectivity index (χ3v) is 7.25. The molecule has 3 aromatic rings. The Bertz CT molecular complexity index is 1170. The number of rotatable bonds is 6. The summed E-state index contributed by atoms with van der Waals surface area (Å²) in [5.74, 6) is 0. The molecule has 0 amide bonds. The van der Waals surface area contributed by atoms with Crippen molar-refractivity contribution in [2.24, 2.45) is 0 Å². The summed E-state index contributed by atoms with van der Waals surface area (Å²) in [6.07, 6.45) is 4.31. The van der Waals surface area contributed by atoms with Crippen LogP contribution in [0.2, 0.25) is 0 Å². The van der Waals surface area contributed by atoms with Gasteiger partial charge in [0, 0.05) is 29.0 Å². The highest BCUT2D eigenvalue weighted by atomic mass is 79.9. The zero-order valence-electron chi connectivity index (χ0n) is 14.2. The summed E-state index contributed by atoms with van der Waals surface area (Å²) in [7, 11) is -7.45. The first-order valence-electron chi connectivity index (χ1n) is 7.75. The Hall–Kier alpha value is -2.01. The van der Waals surface area contributed by atoms with Gasteiger partial charge < -0.3 is 0 Å². The number of sulfone groups is 1. The van der Waals surface area contributed by atoms with Crippen molar-refractivity contribution in [2.75, 3.05) is 6.26 Å². The van der Waals surface area contributed by atoms with E-state index in [2.05, 4.69) is 25.8 Å². The number of halogens is 1. The lowest BCUT2D eigenvalue weighted by Crippen LogP contribution is -2.23. The van der Waals surface area contributed by atoms with Crippen LogP contribution < -0.4 is 4.72 Å². The molecule has 2 aromatic carbocycles. The molecule has 0 aliphatic heterocycles. The van der Waals surface area contributed by atoms with Crippen molar-refractivity contribution in [3.63, 3.8) is 0 Å². The summed E-state index contributed by atoms with van der Waals surface area (Å²) in [5, 5.41) is 4.22. The summed E-state index contributed by atoms with van der Waals surface area (Å²) in [6, 6.07) is 13.3. The molecule has 1 aromatic heterocycles. The summed E-state index contributed by atoms with van der Waals surface area (Å²) >= 11 is 3.16. The fraction of sp³-hybridized carbons (Fsp3) is 0.118. The van der Waals surface area contributed by atoms with Gasteiger partial charge in [-0.15, -0.1) is 0 Å². The smallest absolute Gasteiger partial charge is 0.241 e. The molecule has 27 heavy (non-hydrogen) atoms. The summed E-state index contributed by atoms with van der Waals surface area (Å²) in [6.45, 7) is 0.0186. The molecule has 7 nitrogen and oxygen atoms in total. The molecule has 1 heterocycles. The molecule has 0 bridgehead atoms. The van der Waals surface area contributed by atoms with Gasteiger partial charge in [-0.1, -0.05) is 18.2 Å². The maximum Gasteiger partial charge on any atom is 0.242 e. The van der Waals surface area contributed by atoms with Crippen molar-refractivity contribution in [1.82, 2.24) is 14.5 Å². The van der Waals surface area contributed by atoms with Crippen LogP contribution in [0, 0.1) is 0 Å². The van der Waals surface area contributed by atoms with E-state index in [9.17, 15) is 16.8 Å². The summed E-state index contributed by atoms with van der Waals surface area (Å²) in [5.41, 5.74) is 1.52. The molecule has 0 radical (unpaired) electrons. The van der Waals surface area contributed by atoms with Crippen LogP contribution in [-0.4, -0.2) is 32.9 Å². The normalized spacial score (nSPS) is 12.2. The quantitative estimate of drug-likeness (QED) is 0.597. The second-order valence-electron chi connectivity index (χ2n) is 5.82. The van der Waals surface area contributed by atoms with Gasteiger partial charge in [0.15, 0.2) is 9.84 Å². The average molecular weight is 470 g/mol. The first-order valence-corrected chi connectivity index (χ1v) is 11.9. The first kappa shape index (κ1) is 19.7. The minimum absolute atomic E-state index is 0.0186. The van der Waals surface area contributed by atoms with E-state index in [1.54, 1.807) is 17.1 Å². The molecular weight excluding hydrogens is 454 g/mol. The number of para-hydroxylation sites is 1. The fourth-order valence-corrected chi connectivity index (χ4v) is 5.08. The van der Waals surface area contributed by atoms with E-state index < -0.39 is 19.9 Å². The van der Waals surface area contributed by atoms with Crippen molar-refractivity contribution in [3.05, 3.63) is 71.0 Å². The number of aromatic nitrogens is 2. The number of sulfonamides is 1. The number of nitrogens with one attached hydrogen (secondary N) is 1. The Morgan fingerprint density at radius 1 is 1.07 bits per heavy atom. The Morgan fingerprint density at radius 3 is 2.44 bits per heavy atom. The number of nitrogens with zero attached hydrogens (tertiary/aromatic N) is 2. The predicted molar refractivity (Wildman–Crippen MR) is 105 cm³/mol. The minimum Gasteiger partial charge on any atom is -0.241 e. The lowest BCUT2D eigenvalue weighted by atomic mass is 10.3. The van der Waals surface area contributed by atoms with Crippen LogP contribution in [0.15, 0.2) is 75.2 Å². The highest BCUT2D eigenvalue weighted by Gasteiger charge is 2.20. The monoisotopic (exact) mass is 469 g/mol. The molecule has 0 fully saturated rings. The highest BCUT2D eigenvalue weighted by molar-refractivity contribution is 9.10. The van der Waals surface area contributed by atoms with Gasteiger partial charge in [0.05, 0.1) is 21.7 Å². The molecule has 0 atom stereocenters. The van der Waals surface area contributed by atoms with Crippen molar-refractivity contribution in [3.8, 4) is 5.69 Å². The SMILES string of the molecule is CS(=O)(=O)c1ccc(Br)c(S(=O)(=O)NCc2cnn(-c3ccccc3)c2)c1. The molecule has 0 saturated heterocycles. The Morgan fingerprint density at radius 2 is 1.78 bits per heavy atom. The molecule has 0 unspecified atom stereocenters. The molecule has 0 spiro atoms. The second-order valence-corrected chi connectivity index (χ2v) is 10.4. The van der Waals surface area contributed by atoms with Crippen LogP contribution in [0.4, 0.5) is 0 Å². The van der Waals surface area contributed by atoms with Crippen LogP contribution in [0.5, 0.6) is 0 Å². The highest BCUT2D eigenvalue weighted by Crippen LogP contribution is 2.25. The van der Waals surface area contributed by atoms with Gasteiger partial charge in [-0.2, -0.15) is 5.10 Å². The number of hydrogen-bond acceptors (Lipinski definition) is 5. The number of benzene rings is 2. The van der Waals surface area contributed by atoms with Gasteiger partial charge in [-0.25, -0.2) is 26.2 Å². The van der Waals surface area contributed by atoms with Crippen LogP contribution in [0.25, 0.3) is 5.69 Å². The van der Waals surface area contributed by atoms with Crippen molar-refractivity contribution < 1.29 is 16.8 Å². The Kier molecular flexibility index (Phi) is 5.52. The minimum atomic E-state index is -3.93. The van der Waals surface area contributed by atoms with Crippen LogP contribution in [0.1, 0.15) is 5.56 Å². The molecule has 0 aliphatic rings. The fourth-order valence-electron chi connectivity index (χ4n) is 2.35. The Balaban J connectivity index is 1.81. The van der Waals surface area contributed by atoms with E-state index in [1.165, 1.54) is 12.1 Å². The zero-order valence-corrected chi connectivity index (χ0v) is 17.4. The molecule has 10 heteroatoms. The van der Waals surface area contributed by atoms with E-state index in [4.69, 9.17) is 0 Å². The molecule has 142 valence electrons. The standard InChI is InChI=1S/C17H16BrN3O4S2/c1-26(22,23)15-7-8-16(18)17(9-15)27(24,25)20-11-13-10-19-21(12-13)14-5-3-2-4-6-14/h2-10,12,20H,11H2,1H3. The number of hydrogen-bond donors (Lipinski definition) is 1. The second kappa shape index (κ2) is 7.55. The topological polar surface area (TPSA) is 98.1 Å². The zero-order chi connectivity index (χ0) is 19.7. The lowest BCUT2D eigenvalue weighted by molar-refractivity contribution is 0.580. The predicted octanol–water partition coefficient (Wildman–Crippen LogP) is 2.52. The van der Waals surface area contributed by atoms with E-state index in [-0.39, 0.29) is 20.8 Å². The molecule has 3 rings (SSSR count). The van der Waals surface area contributed by atoms with Gasteiger partial charge >= 0.3 is 0 Å². The van der Waals surface area contributed by atoms with E-state index in [0.29, 0.717) is 5.56 Å². The van der Waals surface area contributed by atoms with Crippen molar-refractivity contribution >= 4 is 35.8 Å². The third-order valence-electron chi connectivity index (χ3n) is 3.74. The van der Waals surface area contributed by atoms with E-state index in [0.717, 1.165) is 18.0 Å². The molecule has 0 aliphatic carbocycles. The van der Waals surface area contributed by atoms with Gasteiger partial charge in [-0.3, -0.25) is 0 Å². The largest absolute Gasteiger partial charge is 0.242 e.